The summed E-state index contributed by atoms with van der Waals surface area (Å²) in [6, 6.07) is 0. The first-order valence-corrected chi connectivity index (χ1v) is 4.92. The van der Waals surface area contributed by atoms with E-state index >= 15 is 0 Å². The van der Waals surface area contributed by atoms with Crippen molar-refractivity contribution in [2.45, 2.75) is 32.1 Å². The number of aliphatic carboxylic acids is 1. The summed E-state index contributed by atoms with van der Waals surface area (Å²) in [6.45, 7) is 0. The SMILES string of the molecule is O=C(O)C1=C2CCCC2CCC=C1. The second-order valence-corrected chi connectivity index (χ2v) is 3.81. The lowest BCUT2D eigenvalue weighted by molar-refractivity contribution is -0.132. The Morgan fingerprint density at radius 3 is 3.08 bits per heavy atom. The number of carboxylic acids is 1. The zero-order chi connectivity index (χ0) is 9.26. The lowest BCUT2D eigenvalue weighted by Crippen LogP contribution is -2.04. The zero-order valence-corrected chi connectivity index (χ0v) is 7.62. The molecule has 2 heteroatoms. The van der Waals surface area contributed by atoms with E-state index in [1.165, 1.54) is 18.4 Å². The average Bonchev–Trinajstić information content (AvgIpc) is 2.44. The molecular formula is C11H14O2. The maximum absolute atomic E-state index is 10.9. The molecule has 0 saturated heterocycles. The minimum Gasteiger partial charge on any atom is -0.478 e. The highest BCUT2D eigenvalue weighted by atomic mass is 16.4. The van der Waals surface area contributed by atoms with Crippen molar-refractivity contribution < 1.29 is 9.90 Å². The van der Waals surface area contributed by atoms with Crippen molar-refractivity contribution in [1.82, 2.24) is 0 Å². The van der Waals surface area contributed by atoms with Gasteiger partial charge in [0.2, 0.25) is 0 Å². The summed E-state index contributed by atoms with van der Waals surface area (Å²) in [5.74, 6) is -0.193. The summed E-state index contributed by atoms with van der Waals surface area (Å²) in [7, 11) is 0. The third-order valence-electron chi connectivity index (χ3n) is 3.03. The van der Waals surface area contributed by atoms with Crippen LogP contribution >= 0.6 is 0 Å². The van der Waals surface area contributed by atoms with E-state index < -0.39 is 5.97 Å². The molecule has 1 unspecified atom stereocenters. The van der Waals surface area contributed by atoms with Crippen LogP contribution in [-0.4, -0.2) is 11.1 Å². The Morgan fingerprint density at radius 1 is 1.46 bits per heavy atom. The van der Waals surface area contributed by atoms with E-state index in [2.05, 4.69) is 0 Å². The van der Waals surface area contributed by atoms with Gasteiger partial charge in [-0.25, -0.2) is 4.79 Å². The van der Waals surface area contributed by atoms with Gasteiger partial charge in [0.05, 0.1) is 5.57 Å². The molecule has 0 aromatic heterocycles. The molecule has 1 atom stereocenters. The molecule has 0 aromatic carbocycles. The first-order chi connectivity index (χ1) is 6.29. The Kier molecular flexibility index (Phi) is 2.21. The summed E-state index contributed by atoms with van der Waals surface area (Å²) >= 11 is 0. The van der Waals surface area contributed by atoms with E-state index in [-0.39, 0.29) is 0 Å². The Hall–Kier alpha value is -1.05. The molecule has 70 valence electrons. The van der Waals surface area contributed by atoms with Crippen LogP contribution in [0.5, 0.6) is 0 Å². The predicted molar refractivity (Wildman–Crippen MR) is 50.4 cm³/mol. The van der Waals surface area contributed by atoms with E-state index in [4.69, 9.17) is 5.11 Å². The molecule has 2 nitrogen and oxygen atoms in total. The summed E-state index contributed by atoms with van der Waals surface area (Å²) in [5.41, 5.74) is 1.77. The topological polar surface area (TPSA) is 37.3 Å². The van der Waals surface area contributed by atoms with Crippen molar-refractivity contribution in [3.8, 4) is 0 Å². The van der Waals surface area contributed by atoms with Gasteiger partial charge < -0.3 is 5.11 Å². The molecule has 0 radical (unpaired) electrons. The molecule has 2 rings (SSSR count). The monoisotopic (exact) mass is 178 g/mol. The van der Waals surface area contributed by atoms with Crippen molar-refractivity contribution in [2.24, 2.45) is 5.92 Å². The van der Waals surface area contributed by atoms with Crippen LogP contribution in [0.15, 0.2) is 23.3 Å². The first kappa shape index (κ1) is 8.54. The molecule has 0 heterocycles. The molecule has 0 bridgehead atoms. The van der Waals surface area contributed by atoms with Gasteiger partial charge in [-0.05, 0) is 38.0 Å². The van der Waals surface area contributed by atoms with E-state index in [0.717, 1.165) is 19.3 Å². The first-order valence-electron chi connectivity index (χ1n) is 4.92. The highest BCUT2D eigenvalue weighted by Gasteiger charge is 2.26. The molecule has 1 saturated carbocycles. The third kappa shape index (κ3) is 1.53. The maximum atomic E-state index is 10.9. The quantitative estimate of drug-likeness (QED) is 0.669. The Morgan fingerprint density at radius 2 is 2.31 bits per heavy atom. The highest BCUT2D eigenvalue weighted by Crippen LogP contribution is 2.38. The van der Waals surface area contributed by atoms with Crippen molar-refractivity contribution in [3.63, 3.8) is 0 Å². The fraction of sp³-hybridized carbons (Fsp3) is 0.545. The van der Waals surface area contributed by atoms with Crippen molar-refractivity contribution in [2.75, 3.05) is 0 Å². The van der Waals surface area contributed by atoms with Gasteiger partial charge in [0.15, 0.2) is 0 Å². The van der Waals surface area contributed by atoms with E-state index in [1.807, 2.05) is 6.08 Å². The zero-order valence-electron chi connectivity index (χ0n) is 7.62. The largest absolute Gasteiger partial charge is 0.478 e. The summed E-state index contributed by atoms with van der Waals surface area (Å²) in [5, 5.41) is 9.00. The Balaban J connectivity index is 2.38. The minimum absolute atomic E-state index is 0.557. The summed E-state index contributed by atoms with van der Waals surface area (Å²) in [6.07, 6.45) is 9.32. The molecule has 2 aliphatic carbocycles. The van der Waals surface area contributed by atoms with Crippen molar-refractivity contribution in [3.05, 3.63) is 23.3 Å². The summed E-state index contributed by atoms with van der Waals surface area (Å²) in [4.78, 5) is 10.9. The lowest BCUT2D eigenvalue weighted by Gasteiger charge is -2.09. The molecule has 2 aliphatic rings. The molecule has 0 spiro atoms. The number of carbonyl (C=O) groups is 1. The van der Waals surface area contributed by atoms with Crippen LogP contribution in [-0.2, 0) is 4.79 Å². The fourth-order valence-corrected chi connectivity index (χ4v) is 2.40. The number of fused-ring (bicyclic) bond motifs is 1. The summed E-state index contributed by atoms with van der Waals surface area (Å²) < 4.78 is 0. The third-order valence-corrected chi connectivity index (χ3v) is 3.03. The second kappa shape index (κ2) is 3.36. The van der Waals surface area contributed by atoms with Gasteiger partial charge in [0.1, 0.15) is 0 Å². The molecule has 1 fully saturated rings. The number of allylic oxidation sites excluding steroid dienone is 2. The maximum Gasteiger partial charge on any atom is 0.335 e. The molecule has 0 aliphatic heterocycles. The van der Waals surface area contributed by atoms with Crippen molar-refractivity contribution in [1.29, 1.82) is 0 Å². The van der Waals surface area contributed by atoms with Gasteiger partial charge >= 0.3 is 5.97 Å². The van der Waals surface area contributed by atoms with E-state index in [9.17, 15) is 4.79 Å². The van der Waals surface area contributed by atoms with Gasteiger partial charge in [0, 0.05) is 0 Å². The van der Waals surface area contributed by atoms with Crippen LogP contribution in [0.4, 0.5) is 0 Å². The van der Waals surface area contributed by atoms with Crippen LogP contribution in [0, 0.1) is 5.92 Å². The van der Waals surface area contributed by atoms with Gasteiger partial charge in [-0.15, -0.1) is 0 Å². The molecule has 1 N–H and O–H groups in total. The van der Waals surface area contributed by atoms with Gasteiger partial charge in [-0.2, -0.15) is 0 Å². The number of rotatable bonds is 1. The Bertz CT molecular complexity index is 286. The standard InChI is InChI=1S/C11H14O2/c12-11(13)10-6-2-1-4-8-5-3-7-9(8)10/h2,6,8H,1,3-5,7H2,(H,12,13). The van der Waals surface area contributed by atoms with Gasteiger partial charge in [0.25, 0.3) is 0 Å². The highest BCUT2D eigenvalue weighted by molar-refractivity contribution is 5.91. The number of hydrogen-bond acceptors (Lipinski definition) is 1. The molecule has 13 heavy (non-hydrogen) atoms. The minimum atomic E-state index is -0.750. The molecule has 0 aromatic rings. The van der Waals surface area contributed by atoms with Crippen LogP contribution in [0.1, 0.15) is 32.1 Å². The van der Waals surface area contributed by atoms with Gasteiger partial charge in [-0.3, -0.25) is 0 Å². The van der Waals surface area contributed by atoms with Crippen molar-refractivity contribution >= 4 is 5.97 Å². The van der Waals surface area contributed by atoms with Crippen LogP contribution in [0.25, 0.3) is 0 Å². The fourth-order valence-electron chi connectivity index (χ4n) is 2.40. The normalized spacial score (nSPS) is 27.2. The van der Waals surface area contributed by atoms with Crippen LogP contribution in [0.3, 0.4) is 0 Å². The molecule has 0 amide bonds. The second-order valence-electron chi connectivity index (χ2n) is 3.81. The van der Waals surface area contributed by atoms with Gasteiger partial charge in [-0.1, -0.05) is 17.7 Å². The number of carboxylic acid groups (broad SMARTS) is 1. The predicted octanol–water partition coefficient (Wildman–Crippen LogP) is 2.52. The van der Waals surface area contributed by atoms with E-state index in [0.29, 0.717) is 11.5 Å². The van der Waals surface area contributed by atoms with E-state index in [1.54, 1.807) is 6.08 Å². The van der Waals surface area contributed by atoms with Crippen LogP contribution in [0.2, 0.25) is 0 Å². The molecular weight excluding hydrogens is 164 g/mol. The smallest absolute Gasteiger partial charge is 0.335 e. The average molecular weight is 178 g/mol. The number of hydrogen-bond donors (Lipinski definition) is 1. The van der Waals surface area contributed by atoms with Crippen LogP contribution < -0.4 is 0 Å². The Labute approximate surface area is 78.0 Å². The lowest BCUT2D eigenvalue weighted by atomic mass is 9.95.